The van der Waals surface area contributed by atoms with Crippen LogP contribution in [0.2, 0.25) is 0 Å². The van der Waals surface area contributed by atoms with Crippen molar-refractivity contribution in [3.05, 3.63) is 65.5 Å². The summed E-state index contributed by atoms with van der Waals surface area (Å²) < 4.78 is 0. The lowest BCUT2D eigenvalue weighted by Crippen LogP contribution is -2.31. The Morgan fingerprint density at radius 2 is 1.80 bits per heavy atom. The van der Waals surface area contributed by atoms with Gasteiger partial charge in [-0.1, -0.05) is 42.5 Å². The zero-order valence-electron chi connectivity index (χ0n) is 11.5. The molecule has 102 valence electrons. The Bertz CT molecular complexity index is 631. The van der Waals surface area contributed by atoms with Crippen LogP contribution >= 0.6 is 0 Å². The van der Waals surface area contributed by atoms with Crippen molar-refractivity contribution >= 4 is 17.6 Å². The van der Waals surface area contributed by atoms with Crippen molar-refractivity contribution in [1.82, 2.24) is 0 Å². The number of ketones is 2. The molecule has 0 atom stereocenters. The van der Waals surface area contributed by atoms with Gasteiger partial charge in [-0.15, -0.1) is 0 Å². The summed E-state index contributed by atoms with van der Waals surface area (Å²) in [6, 6.07) is 9.35. The number of allylic oxidation sites excluding steroid dienone is 4. The first-order chi connectivity index (χ1) is 9.42. The van der Waals surface area contributed by atoms with Crippen LogP contribution in [0.5, 0.6) is 0 Å². The summed E-state index contributed by atoms with van der Waals surface area (Å²) in [6.07, 6.45) is 5.95. The topological polar surface area (TPSA) is 54.4 Å². The van der Waals surface area contributed by atoms with Crippen LogP contribution in [0.15, 0.2) is 59.9 Å². The quantitative estimate of drug-likeness (QED) is 0.509. The summed E-state index contributed by atoms with van der Waals surface area (Å²) in [5.41, 5.74) is -0.0347. The Labute approximate surface area is 117 Å². The standard InChI is InChI=1S/C17H16O3/c1-17(2)11-10-14(19)15(16(17)20)13(18)9-8-12-6-4-3-5-7-12/h3-11,18H,1-2H3. The van der Waals surface area contributed by atoms with Gasteiger partial charge in [0.15, 0.2) is 11.6 Å². The van der Waals surface area contributed by atoms with Crippen LogP contribution < -0.4 is 0 Å². The van der Waals surface area contributed by atoms with E-state index in [0.29, 0.717) is 0 Å². The maximum atomic E-state index is 12.2. The minimum absolute atomic E-state index is 0.148. The highest BCUT2D eigenvalue weighted by Gasteiger charge is 2.36. The summed E-state index contributed by atoms with van der Waals surface area (Å²) >= 11 is 0. The van der Waals surface area contributed by atoms with Crippen LogP contribution in [0.25, 0.3) is 6.08 Å². The fourth-order valence-electron chi connectivity index (χ4n) is 1.94. The second-order valence-electron chi connectivity index (χ2n) is 5.25. The summed E-state index contributed by atoms with van der Waals surface area (Å²) in [6.45, 7) is 3.43. The SMILES string of the molecule is CC1(C)C=CC(=O)C(=C(O)C=Cc2ccccc2)C1=O. The minimum atomic E-state index is -0.766. The fourth-order valence-corrected chi connectivity index (χ4v) is 1.94. The molecule has 0 aliphatic heterocycles. The van der Waals surface area contributed by atoms with Crippen molar-refractivity contribution in [1.29, 1.82) is 0 Å². The van der Waals surface area contributed by atoms with Crippen LogP contribution in [0.1, 0.15) is 19.4 Å². The molecule has 0 fully saturated rings. The summed E-state index contributed by atoms with van der Waals surface area (Å²) in [7, 11) is 0. The lowest BCUT2D eigenvalue weighted by molar-refractivity contribution is -0.125. The monoisotopic (exact) mass is 268 g/mol. The van der Waals surface area contributed by atoms with E-state index >= 15 is 0 Å². The van der Waals surface area contributed by atoms with Crippen LogP contribution in [0.3, 0.4) is 0 Å². The fraction of sp³-hybridized carbons (Fsp3) is 0.176. The molecule has 0 saturated heterocycles. The molecule has 0 unspecified atom stereocenters. The predicted molar refractivity (Wildman–Crippen MR) is 78.1 cm³/mol. The number of benzene rings is 1. The van der Waals surface area contributed by atoms with Gasteiger partial charge in [-0.2, -0.15) is 0 Å². The molecule has 0 saturated carbocycles. The van der Waals surface area contributed by atoms with E-state index in [4.69, 9.17) is 0 Å². The number of Topliss-reactive ketones (excluding diaryl/α,β-unsaturated/α-hetero) is 1. The van der Waals surface area contributed by atoms with E-state index in [-0.39, 0.29) is 17.1 Å². The third-order valence-electron chi connectivity index (χ3n) is 3.20. The van der Waals surface area contributed by atoms with E-state index in [1.165, 1.54) is 12.2 Å². The number of rotatable bonds is 2. The smallest absolute Gasteiger partial charge is 0.192 e. The van der Waals surface area contributed by atoms with Crippen molar-refractivity contribution < 1.29 is 14.7 Å². The van der Waals surface area contributed by atoms with Gasteiger partial charge >= 0.3 is 0 Å². The Hall–Kier alpha value is -2.42. The first-order valence-electron chi connectivity index (χ1n) is 6.36. The molecule has 3 nitrogen and oxygen atoms in total. The van der Waals surface area contributed by atoms with Gasteiger partial charge in [0.25, 0.3) is 0 Å². The zero-order chi connectivity index (χ0) is 14.8. The van der Waals surface area contributed by atoms with E-state index in [1.54, 1.807) is 26.0 Å². The maximum Gasteiger partial charge on any atom is 0.192 e. The second kappa shape index (κ2) is 5.29. The predicted octanol–water partition coefficient (Wildman–Crippen LogP) is 3.25. The van der Waals surface area contributed by atoms with Crippen LogP contribution in [-0.2, 0) is 9.59 Å². The van der Waals surface area contributed by atoms with Crippen LogP contribution in [0, 0.1) is 5.41 Å². The Morgan fingerprint density at radius 1 is 1.15 bits per heavy atom. The molecule has 2 rings (SSSR count). The Kier molecular flexibility index (Phi) is 3.70. The lowest BCUT2D eigenvalue weighted by Gasteiger charge is -2.23. The highest BCUT2D eigenvalue weighted by atomic mass is 16.3. The summed E-state index contributed by atoms with van der Waals surface area (Å²) in [5, 5.41) is 10.0. The van der Waals surface area contributed by atoms with Crippen molar-refractivity contribution in [3.63, 3.8) is 0 Å². The van der Waals surface area contributed by atoms with E-state index in [2.05, 4.69) is 0 Å². The second-order valence-corrected chi connectivity index (χ2v) is 5.25. The largest absolute Gasteiger partial charge is 0.507 e. The van der Waals surface area contributed by atoms with E-state index in [9.17, 15) is 14.7 Å². The molecule has 0 spiro atoms. The molecule has 0 aromatic heterocycles. The highest BCUT2D eigenvalue weighted by Crippen LogP contribution is 2.29. The van der Waals surface area contributed by atoms with E-state index < -0.39 is 11.2 Å². The van der Waals surface area contributed by atoms with Gasteiger partial charge < -0.3 is 5.11 Å². The van der Waals surface area contributed by atoms with Crippen LogP contribution in [0.4, 0.5) is 0 Å². The molecule has 1 N–H and O–H groups in total. The number of aliphatic hydroxyl groups is 1. The molecule has 0 radical (unpaired) electrons. The molecule has 0 bridgehead atoms. The molecule has 1 aromatic carbocycles. The zero-order valence-corrected chi connectivity index (χ0v) is 11.5. The molecule has 0 amide bonds. The van der Waals surface area contributed by atoms with Gasteiger partial charge in [0.2, 0.25) is 0 Å². The van der Waals surface area contributed by atoms with Crippen molar-refractivity contribution in [2.75, 3.05) is 0 Å². The first kappa shape index (κ1) is 14.0. The number of carbonyl (C=O) groups excluding carboxylic acids is 2. The van der Waals surface area contributed by atoms with Gasteiger partial charge in [0.05, 0.1) is 0 Å². The summed E-state index contributed by atoms with van der Waals surface area (Å²) in [5.74, 6) is -1.11. The molecule has 1 aliphatic rings. The highest BCUT2D eigenvalue weighted by molar-refractivity contribution is 6.28. The molecule has 3 heteroatoms. The van der Waals surface area contributed by atoms with Gasteiger partial charge in [-0.3, -0.25) is 9.59 Å². The van der Waals surface area contributed by atoms with Crippen molar-refractivity contribution in [2.45, 2.75) is 13.8 Å². The summed E-state index contributed by atoms with van der Waals surface area (Å²) in [4.78, 5) is 24.0. The van der Waals surface area contributed by atoms with Crippen molar-refractivity contribution in [3.8, 4) is 0 Å². The van der Waals surface area contributed by atoms with Crippen LogP contribution in [-0.4, -0.2) is 16.7 Å². The molecular weight excluding hydrogens is 252 g/mol. The van der Waals surface area contributed by atoms with E-state index in [1.807, 2.05) is 30.3 Å². The average Bonchev–Trinajstić information content (AvgIpc) is 2.43. The Morgan fingerprint density at radius 3 is 2.45 bits per heavy atom. The number of hydrogen-bond donors (Lipinski definition) is 1. The van der Waals surface area contributed by atoms with E-state index in [0.717, 1.165) is 5.56 Å². The first-order valence-corrected chi connectivity index (χ1v) is 6.36. The molecule has 1 aromatic rings. The third kappa shape index (κ3) is 2.77. The molecule has 1 aliphatic carbocycles. The minimum Gasteiger partial charge on any atom is -0.507 e. The van der Waals surface area contributed by atoms with Crippen molar-refractivity contribution in [2.24, 2.45) is 5.41 Å². The van der Waals surface area contributed by atoms with Gasteiger partial charge in [-0.05, 0) is 31.6 Å². The number of aliphatic hydroxyl groups excluding tert-OH is 1. The normalized spacial score (nSPS) is 20.5. The Balaban J connectivity index is 2.37. The number of hydrogen-bond acceptors (Lipinski definition) is 3. The van der Waals surface area contributed by atoms with Gasteiger partial charge in [-0.25, -0.2) is 0 Å². The lowest BCUT2D eigenvalue weighted by atomic mass is 9.78. The van der Waals surface area contributed by atoms with Gasteiger partial charge in [0.1, 0.15) is 11.3 Å². The average molecular weight is 268 g/mol. The third-order valence-corrected chi connectivity index (χ3v) is 3.20. The molecular formula is C17H16O3. The molecule has 0 heterocycles. The number of carbonyl (C=O) groups is 2. The van der Waals surface area contributed by atoms with Gasteiger partial charge in [0, 0.05) is 5.41 Å². The maximum absolute atomic E-state index is 12.2. The molecule has 20 heavy (non-hydrogen) atoms.